The summed E-state index contributed by atoms with van der Waals surface area (Å²) in [6.07, 6.45) is 6.23. The Labute approximate surface area is 123 Å². The highest BCUT2D eigenvalue weighted by molar-refractivity contribution is 9.10. The quantitative estimate of drug-likeness (QED) is 0.921. The van der Waals surface area contributed by atoms with E-state index in [-0.39, 0.29) is 17.9 Å². The van der Waals surface area contributed by atoms with Crippen LogP contribution < -0.4 is 5.73 Å². The highest BCUT2D eigenvalue weighted by Gasteiger charge is 2.24. The molecule has 0 saturated carbocycles. The zero-order chi connectivity index (χ0) is 12.5. The molecule has 1 aliphatic rings. The lowest BCUT2D eigenvalue weighted by atomic mass is 10.0. The summed E-state index contributed by atoms with van der Waals surface area (Å²) in [4.78, 5) is 2.45. The Morgan fingerprint density at radius 1 is 1.44 bits per heavy atom. The van der Waals surface area contributed by atoms with Crippen LogP contribution in [0.3, 0.4) is 0 Å². The first kappa shape index (κ1) is 16.0. The molecule has 1 fully saturated rings. The molecule has 0 radical (unpaired) electrons. The van der Waals surface area contributed by atoms with Crippen LogP contribution in [0.4, 0.5) is 0 Å². The van der Waals surface area contributed by atoms with E-state index in [9.17, 15) is 0 Å². The average molecular weight is 338 g/mol. The molecular formula is C12H22BrClN4. The zero-order valence-electron chi connectivity index (χ0n) is 11.0. The van der Waals surface area contributed by atoms with Gasteiger partial charge in [0.2, 0.25) is 0 Å². The molecule has 0 aromatic carbocycles. The lowest BCUT2D eigenvalue weighted by Crippen LogP contribution is -2.48. The van der Waals surface area contributed by atoms with Gasteiger partial charge in [-0.2, -0.15) is 5.10 Å². The molecule has 0 unspecified atom stereocenters. The fourth-order valence-corrected chi connectivity index (χ4v) is 2.73. The van der Waals surface area contributed by atoms with Crippen LogP contribution in [0.25, 0.3) is 0 Å². The van der Waals surface area contributed by atoms with Crippen molar-refractivity contribution in [2.45, 2.75) is 38.3 Å². The number of rotatable bonds is 3. The van der Waals surface area contributed by atoms with Crippen molar-refractivity contribution >= 4 is 28.3 Å². The first-order valence-electron chi connectivity index (χ1n) is 6.15. The van der Waals surface area contributed by atoms with Gasteiger partial charge in [0.15, 0.2) is 0 Å². The van der Waals surface area contributed by atoms with Crippen LogP contribution in [-0.4, -0.2) is 39.9 Å². The van der Waals surface area contributed by atoms with Gasteiger partial charge < -0.3 is 10.6 Å². The summed E-state index contributed by atoms with van der Waals surface area (Å²) in [6.45, 7) is 7.38. The lowest BCUT2D eigenvalue weighted by molar-refractivity contribution is 0.155. The Morgan fingerprint density at radius 2 is 2.06 bits per heavy atom. The molecule has 4 nitrogen and oxygen atoms in total. The Hall–Kier alpha value is -0.100. The van der Waals surface area contributed by atoms with E-state index in [4.69, 9.17) is 5.73 Å². The fraction of sp³-hybridized carbons (Fsp3) is 0.750. The Bertz CT molecular complexity index is 366. The summed E-state index contributed by atoms with van der Waals surface area (Å²) in [5.41, 5.74) is 5.95. The van der Waals surface area contributed by atoms with Crippen LogP contribution in [0.15, 0.2) is 16.9 Å². The van der Waals surface area contributed by atoms with E-state index in [1.807, 2.05) is 6.20 Å². The Kier molecular flexibility index (Phi) is 5.65. The lowest BCUT2D eigenvalue weighted by Gasteiger charge is -2.35. The molecule has 2 heterocycles. The number of likely N-dealkylation sites (tertiary alicyclic amines) is 1. The standard InChI is InChI=1S/C12H21BrN4.ClH/c1-12(2,14)9-16-5-3-11(4-6-16)17-8-10(13)7-15-17;/h7-8,11H,3-6,9,14H2,1-2H3;1H. The number of halogens is 2. The van der Waals surface area contributed by atoms with Crippen molar-refractivity contribution in [2.24, 2.45) is 5.73 Å². The average Bonchev–Trinajstić information content (AvgIpc) is 2.63. The minimum atomic E-state index is -0.0957. The van der Waals surface area contributed by atoms with Crippen molar-refractivity contribution in [3.8, 4) is 0 Å². The van der Waals surface area contributed by atoms with E-state index in [1.165, 1.54) is 0 Å². The van der Waals surface area contributed by atoms with Gasteiger partial charge in [-0.25, -0.2) is 0 Å². The van der Waals surface area contributed by atoms with E-state index in [2.05, 4.69) is 50.7 Å². The molecule has 2 rings (SSSR count). The molecule has 0 amide bonds. The van der Waals surface area contributed by atoms with Crippen LogP contribution >= 0.6 is 28.3 Å². The van der Waals surface area contributed by atoms with E-state index < -0.39 is 0 Å². The first-order valence-corrected chi connectivity index (χ1v) is 6.94. The molecule has 0 spiro atoms. The zero-order valence-corrected chi connectivity index (χ0v) is 13.4. The second-order valence-electron chi connectivity index (χ2n) is 5.63. The van der Waals surface area contributed by atoms with Crippen LogP contribution in [0.2, 0.25) is 0 Å². The van der Waals surface area contributed by atoms with Crippen molar-refractivity contribution in [1.82, 2.24) is 14.7 Å². The second-order valence-corrected chi connectivity index (χ2v) is 6.55. The molecule has 1 aromatic rings. The summed E-state index contributed by atoms with van der Waals surface area (Å²) in [5, 5.41) is 4.37. The monoisotopic (exact) mass is 336 g/mol. The van der Waals surface area contributed by atoms with Gasteiger partial charge in [-0.1, -0.05) is 0 Å². The Balaban J connectivity index is 0.00000162. The third-order valence-electron chi connectivity index (χ3n) is 3.13. The van der Waals surface area contributed by atoms with Gasteiger partial charge in [-0.05, 0) is 42.6 Å². The SMILES string of the molecule is CC(C)(N)CN1CCC(n2cc(Br)cn2)CC1.Cl. The topological polar surface area (TPSA) is 47.1 Å². The maximum absolute atomic E-state index is 6.05. The summed E-state index contributed by atoms with van der Waals surface area (Å²) >= 11 is 3.44. The van der Waals surface area contributed by atoms with Crippen LogP contribution in [0.5, 0.6) is 0 Å². The molecular weight excluding hydrogens is 316 g/mol. The number of nitrogens with zero attached hydrogens (tertiary/aromatic N) is 3. The van der Waals surface area contributed by atoms with Gasteiger partial charge >= 0.3 is 0 Å². The van der Waals surface area contributed by atoms with Crippen LogP contribution in [0.1, 0.15) is 32.7 Å². The number of piperidine rings is 1. The number of hydrogen-bond donors (Lipinski definition) is 1. The minimum Gasteiger partial charge on any atom is -0.324 e. The molecule has 0 aliphatic carbocycles. The normalized spacial score (nSPS) is 18.7. The van der Waals surface area contributed by atoms with Crippen LogP contribution in [-0.2, 0) is 0 Å². The maximum atomic E-state index is 6.05. The van der Waals surface area contributed by atoms with E-state index in [0.717, 1.165) is 36.9 Å². The molecule has 18 heavy (non-hydrogen) atoms. The van der Waals surface area contributed by atoms with Crippen LogP contribution in [0, 0.1) is 0 Å². The molecule has 0 atom stereocenters. The number of aromatic nitrogens is 2. The second kappa shape index (κ2) is 6.37. The third kappa shape index (κ3) is 4.53. The smallest absolute Gasteiger partial charge is 0.0632 e. The highest BCUT2D eigenvalue weighted by Crippen LogP contribution is 2.23. The summed E-state index contributed by atoms with van der Waals surface area (Å²) in [5.74, 6) is 0. The van der Waals surface area contributed by atoms with E-state index in [1.54, 1.807) is 0 Å². The van der Waals surface area contributed by atoms with Gasteiger partial charge in [-0.15, -0.1) is 12.4 Å². The fourth-order valence-electron chi connectivity index (χ4n) is 2.43. The number of hydrogen-bond acceptors (Lipinski definition) is 3. The van der Waals surface area contributed by atoms with Crippen molar-refractivity contribution in [3.05, 3.63) is 16.9 Å². The predicted octanol–water partition coefficient (Wildman–Crippen LogP) is 2.44. The van der Waals surface area contributed by atoms with Crippen molar-refractivity contribution in [2.75, 3.05) is 19.6 Å². The molecule has 1 aliphatic heterocycles. The largest absolute Gasteiger partial charge is 0.324 e. The van der Waals surface area contributed by atoms with E-state index >= 15 is 0 Å². The maximum Gasteiger partial charge on any atom is 0.0632 e. The highest BCUT2D eigenvalue weighted by atomic mass is 79.9. The molecule has 1 saturated heterocycles. The summed E-state index contributed by atoms with van der Waals surface area (Å²) in [7, 11) is 0. The molecule has 0 bridgehead atoms. The van der Waals surface area contributed by atoms with Crippen molar-refractivity contribution in [3.63, 3.8) is 0 Å². The Morgan fingerprint density at radius 3 is 2.50 bits per heavy atom. The van der Waals surface area contributed by atoms with Crippen molar-refractivity contribution < 1.29 is 0 Å². The molecule has 2 N–H and O–H groups in total. The molecule has 104 valence electrons. The third-order valence-corrected chi connectivity index (χ3v) is 3.54. The minimum absolute atomic E-state index is 0. The number of nitrogens with two attached hydrogens (primary N) is 1. The van der Waals surface area contributed by atoms with E-state index in [0.29, 0.717) is 6.04 Å². The van der Waals surface area contributed by atoms with Gasteiger partial charge in [0.25, 0.3) is 0 Å². The first-order chi connectivity index (χ1) is 7.94. The van der Waals surface area contributed by atoms with Gasteiger partial charge in [0, 0.05) is 31.4 Å². The van der Waals surface area contributed by atoms with Gasteiger partial charge in [0.05, 0.1) is 16.7 Å². The summed E-state index contributed by atoms with van der Waals surface area (Å²) < 4.78 is 3.14. The molecule has 1 aromatic heterocycles. The summed E-state index contributed by atoms with van der Waals surface area (Å²) in [6, 6.07) is 0.540. The van der Waals surface area contributed by atoms with Gasteiger partial charge in [-0.3, -0.25) is 4.68 Å². The van der Waals surface area contributed by atoms with Crippen molar-refractivity contribution in [1.29, 1.82) is 0 Å². The predicted molar refractivity (Wildman–Crippen MR) is 80.2 cm³/mol. The van der Waals surface area contributed by atoms with Gasteiger partial charge in [0.1, 0.15) is 0 Å². The molecule has 6 heteroatoms.